The summed E-state index contributed by atoms with van der Waals surface area (Å²) in [6.07, 6.45) is -0.497. The highest BCUT2D eigenvalue weighted by molar-refractivity contribution is 6.01. The van der Waals surface area contributed by atoms with Gasteiger partial charge in [0.1, 0.15) is 5.82 Å². The second-order valence-electron chi connectivity index (χ2n) is 9.45. The number of morpholine rings is 1. The third kappa shape index (κ3) is 4.41. The van der Waals surface area contributed by atoms with Gasteiger partial charge in [0.05, 0.1) is 13.2 Å². The van der Waals surface area contributed by atoms with Crippen molar-refractivity contribution in [2.45, 2.75) is 32.4 Å². The first-order valence-corrected chi connectivity index (χ1v) is 11.6. The Morgan fingerprint density at radius 1 is 1.12 bits per heavy atom. The van der Waals surface area contributed by atoms with Gasteiger partial charge in [-0.1, -0.05) is 6.07 Å². The summed E-state index contributed by atoms with van der Waals surface area (Å²) in [4.78, 5) is 46.7. The van der Waals surface area contributed by atoms with Crippen molar-refractivity contribution in [3.8, 4) is 0 Å². The van der Waals surface area contributed by atoms with Crippen LogP contribution in [0.15, 0.2) is 18.2 Å². The number of rotatable bonds is 4. The number of nitrogens with zero attached hydrogens (tertiary/aromatic N) is 4. The van der Waals surface area contributed by atoms with Crippen molar-refractivity contribution in [1.82, 2.24) is 14.9 Å². The fraction of sp³-hybridized carbons (Fsp3) is 0.609. The maximum absolute atomic E-state index is 14.9. The van der Waals surface area contributed by atoms with Gasteiger partial charge in [0.2, 0.25) is 0 Å². The van der Waals surface area contributed by atoms with Crippen molar-refractivity contribution in [2.75, 3.05) is 50.8 Å². The topological polar surface area (TPSA) is 82.6 Å². The first-order valence-electron chi connectivity index (χ1n) is 11.6. The van der Waals surface area contributed by atoms with Gasteiger partial charge in [0.15, 0.2) is 0 Å². The molecule has 0 saturated carbocycles. The highest BCUT2D eigenvalue weighted by Crippen LogP contribution is 2.33. The highest BCUT2D eigenvalue weighted by Gasteiger charge is 2.43. The highest BCUT2D eigenvalue weighted by atomic mass is 19.1. The molecule has 0 aliphatic carbocycles. The van der Waals surface area contributed by atoms with Crippen LogP contribution in [-0.4, -0.2) is 84.8 Å². The minimum atomic E-state index is -0.654. The lowest BCUT2D eigenvalue weighted by Crippen LogP contribution is -2.43. The largest absolute Gasteiger partial charge is 0.434 e. The number of likely N-dealkylation sites (tertiary alicyclic amines) is 2. The minimum absolute atomic E-state index is 0.0787. The van der Waals surface area contributed by atoms with Crippen LogP contribution >= 0.6 is 0 Å². The van der Waals surface area contributed by atoms with Crippen molar-refractivity contribution in [3.63, 3.8) is 0 Å². The Morgan fingerprint density at radius 2 is 1.82 bits per heavy atom. The molecule has 0 N–H and O–H groups in total. The molecule has 4 aliphatic heterocycles. The van der Waals surface area contributed by atoms with Crippen molar-refractivity contribution >= 4 is 23.6 Å². The number of halogens is 1. The molecule has 178 valence electrons. The SMILES string of the molecule is CC1COCCN1c1ccc(CN2CC3CN(C(=O)ON4C(=O)CCC4=O)CC3C2)c(F)c1. The summed E-state index contributed by atoms with van der Waals surface area (Å²) in [7, 11) is 0. The molecule has 9 nitrogen and oxygen atoms in total. The molecule has 4 fully saturated rings. The van der Waals surface area contributed by atoms with Gasteiger partial charge in [0.25, 0.3) is 11.8 Å². The molecule has 0 spiro atoms. The Morgan fingerprint density at radius 3 is 2.45 bits per heavy atom. The Balaban J connectivity index is 1.14. The number of fused-ring (bicyclic) bond motifs is 1. The number of hydrogen-bond acceptors (Lipinski definition) is 7. The van der Waals surface area contributed by atoms with E-state index in [1.165, 1.54) is 0 Å². The first kappa shape index (κ1) is 22.1. The Bertz CT molecular complexity index is 929. The molecule has 1 aromatic carbocycles. The fourth-order valence-electron chi connectivity index (χ4n) is 5.36. The molecule has 0 bridgehead atoms. The van der Waals surface area contributed by atoms with Gasteiger partial charge in [0, 0.05) is 69.4 Å². The van der Waals surface area contributed by atoms with Crippen LogP contribution in [0.5, 0.6) is 0 Å². The summed E-state index contributed by atoms with van der Waals surface area (Å²) >= 11 is 0. The Hall–Kier alpha value is -2.72. The number of hydrogen-bond donors (Lipinski definition) is 0. The molecule has 0 radical (unpaired) electrons. The molecule has 3 unspecified atom stereocenters. The summed E-state index contributed by atoms with van der Waals surface area (Å²) in [5.41, 5.74) is 1.55. The predicted octanol–water partition coefficient (Wildman–Crippen LogP) is 1.61. The number of imide groups is 1. The van der Waals surface area contributed by atoms with Crippen LogP contribution in [0, 0.1) is 17.7 Å². The van der Waals surface area contributed by atoms with E-state index in [4.69, 9.17) is 9.57 Å². The zero-order valence-corrected chi connectivity index (χ0v) is 18.7. The minimum Gasteiger partial charge on any atom is -0.377 e. The summed E-state index contributed by atoms with van der Waals surface area (Å²) in [6, 6.07) is 5.69. The molecule has 4 saturated heterocycles. The molecule has 4 aliphatic rings. The number of carbonyl (C=O) groups is 3. The molecular weight excluding hydrogens is 431 g/mol. The van der Waals surface area contributed by atoms with E-state index in [0.717, 1.165) is 25.3 Å². The smallest absolute Gasteiger partial charge is 0.377 e. The maximum atomic E-state index is 14.9. The van der Waals surface area contributed by atoms with Gasteiger partial charge in [-0.05, 0) is 30.9 Å². The average molecular weight is 461 g/mol. The van der Waals surface area contributed by atoms with E-state index in [1.807, 2.05) is 12.1 Å². The molecule has 1 aromatic rings. The van der Waals surface area contributed by atoms with E-state index < -0.39 is 17.9 Å². The first-order chi connectivity index (χ1) is 15.9. The van der Waals surface area contributed by atoms with Crippen molar-refractivity contribution in [3.05, 3.63) is 29.6 Å². The van der Waals surface area contributed by atoms with Crippen LogP contribution in [0.2, 0.25) is 0 Å². The molecular formula is C23H29FN4O5. The van der Waals surface area contributed by atoms with Crippen molar-refractivity contribution in [2.24, 2.45) is 11.8 Å². The van der Waals surface area contributed by atoms with Crippen molar-refractivity contribution < 1.29 is 28.3 Å². The third-order valence-corrected chi connectivity index (χ3v) is 7.13. The van der Waals surface area contributed by atoms with Gasteiger partial charge >= 0.3 is 6.09 Å². The van der Waals surface area contributed by atoms with E-state index in [2.05, 4.69) is 16.7 Å². The third-order valence-electron chi connectivity index (χ3n) is 7.13. The van der Waals surface area contributed by atoms with E-state index in [1.54, 1.807) is 11.0 Å². The van der Waals surface area contributed by atoms with Gasteiger partial charge in [-0.25, -0.2) is 9.18 Å². The quantitative estimate of drug-likeness (QED) is 0.632. The molecule has 10 heteroatoms. The van der Waals surface area contributed by atoms with E-state index >= 15 is 0 Å². The summed E-state index contributed by atoms with van der Waals surface area (Å²) < 4.78 is 20.4. The monoisotopic (exact) mass is 460 g/mol. The summed E-state index contributed by atoms with van der Waals surface area (Å²) in [5.74, 6) is -0.628. The van der Waals surface area contributed by atoms with Gasteiger partial charge in [-0.2, -0.15) is 0 Å². The molecule has 0 aromatic heterocycles. The number of amides is 3. The van der Waals surface area contributed by atoms with Crippen LogP contribution in [0.3, 0.4) is 0 Å². The second kappa shape index (κ2) is 8.90. The van der Waals surface area contributed by atoms with E-state index in [9.17, 15) is 18.8 Å². The predicted molar refractivity (Wildman–Crippen MR) is 115 cm³/mol. The molecule has 3 amide bonds. The van der Waals surface area contributed by atoms with Gasteiger partial charge in [-0.3, -0.25) is 14.5 Å². The Labute approximate surface area is 191 Å². The van der Waals surface area contributed by atoms with Crippen LogP contribution < -0.4 is 4.90 Å². The molecule has 4 heterocycles. The standard InChI is InChI=1S/C23H29FN4O5/c1-15-14-32-7-6-27(15)19-3-2-16(20(24)8-19)9-25-10-17-12-26(13-18(17)11-25)23(31)33-28-21(29)4-5-22(28)30/h2-3,8,15,17-18H,4-7,9-14H2,1H3. The van der Waals surface area contributed by atoms with Gasteiger partial charge < -0.3 is 19.4 Å². The van der Waals surface area contributed by atoms with Crippen LogP contribution in [0.1, 0.15) is 25.3 Å². The number of carbonyl (C=O) groups excluding carboxylic acids is 3. The van der Waals surface area contributed by atoms with Crippen LogP contribution in [0.4, 0.5) is 14.9 Å². The van der Waals surface area contributed by atoms with E-state index in [0.29, 0.717) is 43.5 Å². The molecule has 5 rings (SSSR count). The molecule has 3 atom stereocenters. The zero-order valence-electron chi connectivity index (χ0n) is 18.7. The summed E-state index contributed by atoms with van der Waals surface area (Å²) in [6.45, 7) is 7.20. The lowest BCUT2D eigenvalue weighted by molar-refractivity contribution is -0.173. The number of anilines is 1. The number of ether oxygens (including phenoxy) is 1. The molecule has 33 heavy (non-hydrogen) atoms. The van der Waals surface area contributed by atoms with Crippen molar-refractivity contribution in [1.29, 1.82) is 0 Å². The normalized spacial score (nSPS) is 28.1. The van der Waals surface area contributed by atoms with Crippen LogP contribution in [-0.2, 0) is 25.7 Å². The Kier molecular flexibility index (Phi) is 5.96. The van der Waals surface area contributed by atoms with E-state index in [-0.39, 0.29) is 36.5 Å². The lowest BCUT2D eigenvalue weighted by Gasteiger charge is -2.35. The fourth-order valence-corrected chi connectivity index (χ4v) is 5.36. The summed E-state index contributed by atoms with van der Waals surface area (Å²) in [5, 5.41) is 0.590. The maximum Gasteiger partial charge on any atom is 0.434 e. The van der Waals surface area contributed by atoms with Gasteiger partial charge in [-0.15, -0.1) is 5.06 Å². The number of hydroxylamine groups is 2. The zero-order chi connectivity index (χ0) is 23.1. The van der Waals surface area contributed by atoms with Crippen LogP contribution in [0.25, 0.3) is 0 Å². The number of benzene rings is 1. The lowest BCUT2D eigenvalue weighted by atomic mass is 10.0. The average Bonchev–Trinajstić information content (AvgIpc) is 3.45. The second-order valence-corrected chi connectivity index (χ2v) is 9.45.